The molecule has 3 rings (SSSR count). The summed E-state index contributed by atoms with van der Waals surface area (Å²) in [6.45, 7) is 8.43. The molecule has 1 heterocycles. The van der Waals surface area contributed by atoms with E-state index in [0.717, 1.165) is 11.5 Å². The lowest BCUT2D eigenvalue weighted by molar-refractivity contribution is 0.420. The Hall–Kier alpha value is -1.50. The van der Waals surface area contributed by atoms with Crippen LogP contribution in [0.3, 0.4) is 0 Å². The van der Waals surface area contributed by atoms with Gasteiger partial charge in [0.2, 0.25) is 0 Å². The maximum absolute atomic E-state index is 4.05. The van der Waals surface area contributed by atoms with E-state index in [-0.39, 0.29) is 0 Å². The van der Waals surface area contributed by atoms with Crippen molar-refractivity contribution in [3.63, 3.8) is 0 Å². The highest BCUT2D eigenvalue weighted by Gasteiger charge is 2.21. The van der Waals surface area contributed by atoms with Gasteiger partial charge >= 0.3 is 0 Å². The van der Waals surface area contributed by atoms with Crippen molar-refractivity contribution < 1.29 is 0 Å². The summed E-state index contributed by atoms with van der Waals surface area (Å²) in [6, 6.07) is 6.70. The molecule has 1 unspecified atom stereocenters. The molecule has 0 radical (unpaired) electrons. The van der Waals surface area contributed by atoms with Crippen LogP contribution in [-0.4, -0.2) is 4.98 Å². The highest BCUT2D eigenvalue weighted by Crippen LogP contribution is 2.34. The highest BCUT2D eigenvalue weighted by atomic mass is 14.7. The molecule has 1 N–H and O–H groups in total. The molecule has 0 amide bonds. The first-order valence-corrected chi connectivity index (χ1v) is 7.48. The van der Waals surface area contributed by atoms with E-state index >= 15 is 0 Å². The summed E-state index contributed by atoms with van der Waals surface area (Å²) in [5, 5.41) is 1.42. The van der Waals surface area contributed by atoms with E-state index in [1.807, 2.05) is 0 Å². The molecule has 0 saturated heterocycles. The summed E-state index contributed by atoms with van der Waals surface area (Å²) < 4.78 is 0. The van der Waals surface area contributed by atoms with Crippen molar-refractivity contribution in [2.45, 2.75) is 46.0 Å². The van der Waals surface area contributed by atoms with Crippen LogP contribution >= 0.6 is 0 Å². The summed E-state index contributed by atoms with van der Waals surface area (Å²) in [5.74, 6) is 0.881. The first-order chi connectivity index (χ1) is 9.19. The first-order valence-electron chi connectivity index (χ1n) is 7.48. The molecule has 2 aromatic rings. The third-order valence-corrected chi connectivity index (χ3v) is 4.48. The molecule has 1 aromatic carbocycles. The molecular formula is C18H23N. The number of fused-ring (bicyclic) bond motifs is 3. The summed E-state index contributed by atoms with van der Waals surface area (Å²) in [5.41, 5.74) is 6.76. The minimum Gasteiger partial charge on any atom is -0.358 e. The van der Waals surface area contributed by atoms with Gasteiger partial charge < -0.3 is 4.98 Å². The Bertz CT molecular complexity index is 618. The van der Waals surface area contributed by atoms with Gasteiger partial charge in [-0.05, 0) is 55.4 Å². The van der Waals surface area contributed by atoms with Crippen LogP contribution in [0.2, 0.25) is 0 Å². The van der Waals surface area contributed by atoms with Crippen LogP contribution in [0.5, 0.6) is 0 Å². The monoisotopic (exact) mass is 253 g/mol. The topological polar surface area (TPSA) is 15.8 Å². The predicted octanol–water partition coefficient (Wildman–Crippen LogP) is 5.11. The van der Waals surface area contributed by atoms with Crippen molar-refractivity contribution in [3.8, 4) is 0 Å². The normalized spacial score (nSPS) is 18.5. The molecule has 100 valence electrons. The Balaban J connectivity index is 2.02. The van der Waals surface area contributed by atoms with E-state index in [4.69, 9.17) is 0 Å². The molecule has 0 saturated carbocycles. The SMILES string of the molecule is C=C(C)c1ccc2[nH]c3c(c2c1)CCC(CCC)C3. The van der Waals surface area contributed by atoms with Gasteiger partial charge in [-0.2, -0.15) is 0 Å². The van der Waals surface area contributed by atoms with Crippen molar-refractivity contribution in [2.75, 3.05) is 0 Å². The molecule has 0 bridgehead atoms. The fourth-order valence-electron chi connectivity index (χ4n) is 3.42. The van der Waals surface area contributed by atoms with Gasteiger partial charge in [0.15, 0.2) is 0 Å². The van der Waals surface area contributed by atoms with E-state index in [9.17, 15) is 0 Å². The van der Waals surface area contributed by atoms with Crippen molar-refractivity contribution in [1.29, 1.82) is 0 Å². The number of hydrogen-bond acceptors (Lipinski definition) is 0. The number of aromatic amines is 1. The standard InChI is InChI=1S/C18H23N/c1-4-5-13-6-8-15-16-11-14(12(2)3)7-9-17(16)19-18(15)10-13/h7,9,11,13,19H,2,4-6,8,10H2,1,3H3. The van der Waals surface area contributed by atoms with Crippen molar-refractivity contribution in [2.24, 2.45) is 5.92 Å². The molecule has 0 aliphatic heterocycles. The number of allylic oxidation sites excluding steroid dienone is 1. The Labute approximate surface area is 115 Å². The summed E-state index contributed by atoms with van der Waals surface area (Å²) in [7, 11) is 0. The van der Waals surface area contributed by atoms with Crippen molar-refractivity contribution in [1.82, 2.24) is 4.98 Å². The van der Waals surface area contributed by atoms with E-state index in [0.29, 0.717) is 0 Å². The van der Waals surface area contributed by atoms with Crippen molar-refractivity contribution >= 4 is 16.5 Å². The molecule has 1 nitrogen and oxygen atoms in total. The van der Waals surface area contributed by atoms with Crippen LogP contribution < -0.4 is 0 Å². The smallest absolute Gasteiger partial charge is 0.0459 e. The molecule has 0 spiro atoms. The molecule has 1 aromatic heterocycles. The molecule has 1 aliphatic rings. The van der Waals surface area contributed by atoms with Crippen LogP contribution in [0.15, 0.2) is 24.8 Å². The van der Waals surface area contributed by atoms with Crippen LogP contribution in [0.4, 0.5) is 0 Å². The van der Waals surface area contributed by atoms with Gasteiger partial charge in [0.25, 0.3) is 0 Å². The number of rotatable bonds is 3. The molecular weight excluding hydrogens is 230 g/mol. The Morgan fingerprint density at radius 2 is 2.26 bits per heavy atom. The van der Waals surface area contributed by atoms with Crippen LogP contribution in [0.1, 0.15) is 49.9 Å². The second-order valence-electron chi connectivity index (χ2n) is 6.02. The van der Waals surface area contributed by atoms with Crippen LogP contribution in [0.25, 0.3) is 16.5 Å². The third-order valence-electron chi connectivity index (χ3n) is 4.48. The minimum absolute atomic E-state index is 0.881. The lowest BCUT2D eigenvalue weighted by Crippen LogP contribution is -2.13. The average molecular weight is 253 g/mol. The Kier molecular flexibility index (Phi) is 3.22. The fraction of sp³-hybridized carbons (Fsp3) is 0.444. The van der Waals surface area contributed by atoms with E-state index in [1.54, 1.807) is 5.56 Å². The quantitative estimate of drug-likeness (QED) is 0.782. The number of nitrogens with one attached hydrogen (secondary N) is 1. The molecule has 1 heteroatoms. The second kappa shape index (κ2) is 4.88. The number of aromatic nitrogens is 1. The second-order valence-corrected chi connectivity index (χ2v) is 6.02. The fourth-order valence-corrected chi connectivity index (χ4v) is 3.42. The van der Waals surface area contributed by atoms with E-state index < -0.39 is 0 Å². The van der Waals surface area contributed by atoms with E-state index in [1.165, 1.54) is 54.3 Å². The highest BCUT2D eigenvalue weighted by molar-refractivity contribution is 5.88. The van der Waals surface area contributed by atoms with Gasteiger partial charge in [-0.25, -0.2) is 0 Å². The van der Waals surface area contributed by atoms with Gasteiger partial charge in [-0.15, -0.1) is 0 Å². The van der Waals surface area contributed by atoms with Crippen molar-refractivity contribution in [3.05, 3.63) is 41.6 Å². The zero-order valence-electron chi connectivity index (χ0n) is 12.1. The van der Waals surface area contributed by atoms with Gasteiger partial charge in [0.05, 0.1) is 0 Å². The zero-order chi connectivity index (χ0) is 13.4. The van der Waals surface area contributed by atoms with Gasteiger partial charge in [-0.1, -0.05) is 38.0 Å². The lowest BCUT2D eigenvalue weighted by Gasteiger charge is -2.21. The molecule has 1 atom stereocenters. The predicted molar refractivity (Wildman–Crippen MR) is 83.4 cm³/mol. The molecule has 1 aliphatic carbocycles. The van der Waals surface area contributed by atoms with Gasteiger partial charge in [-0.3, -0.25) is 0 Å². The zero-order valence-corrected chi connectivity index (χ0v) is 12.1. The van der Waals surface area contributed by atoms with E-state index in [2.05, 4.69) is 43.6 Å². The Morgan fingerprint density at radius 3 is 3.00 bits per heavy atom. The van der Waals surface area contributed by atoms with Gasteiger partial charge in [0, 0.05) is 16.6 Å². The van der Waals surface area contributed by atoms with Crippen LogP contribution in [-0.2, 0) is 12.8 Å². The largest absolute Gasteiger partial charge is 0.358 e. The number of hydrogen-bond donors (Lipinski definition) is 1. The number of benzene rings is 1. The number of aryl methyl sites for hydroxylation is 1. The molecule has 19 heavy (non-hydrogen) atoms. The third kappa shape index (κ3) is 2.22. The molecule has 0 fully saturated rings. The Morgan fingerprint density at radius 1 is 1.42 bits per heavy atom. The average Bonchev–Trinajstić information content (AvgIpc) is 2.75. The first kappa shape index (κ1) is 12.5. The summed E-state index contributed by atoms with van der Waals surface area (Å²) in [6.07, 6.45) is 6.50. The summed E-state index contributed by atoms with van der Waals surface area (Å²) >= 11 is 0. The van der Waals surface area contributed by atoms with Crippen LogP contribution in [0, 0.1) is 5.92 Å². The minimum atomic E-state index is 0.881. The maximum atomic E-state index is 4.05. The van der Waals surface area contributed by atoms with Gasteiger partial charge in [0.1, 0.15) is 0 Å². The number of H-pyrrole nitrogens is 1. The summed E-state index contributed by atoms with van der Waals surface area (Å²) in [4.78, 5) is 3.64. The lowest BCUT2D eigenvalue weighted by atomic mass is 9.84. The maximum Gasteiger partial charge on any atom is 0.0459 e.